The molecule has 0 fully saturated rings. The lowest BCUT2D eigenvalue weighted by atomic mass is 9.87. The van der Waals surface area contributed by atoms with Gasteiger partial charge >= 0.3 is 0 Å². The third-order valence-corrected chi connectivity index (χ3v) is 3.56. The first-order valence-electron chi connectivity index (χ1n) is 4.82. The maximum absolute atomic E-state index is 11.3. The van der Waals surface area contributed by atoms with E-state index in [1.165, 1.54) is 20.2 Å². The quantitative estimate of drug-likeness (QED) is 0.609. The van der Waals surface area contributed by atoms with Gasteiger partial charge in [0.15, 0.2) is 0 Å². The van der Waals surface area contributed by atoms with Crippen molar-refractivity contribution in [3.05, 3.63) is 26.8 Å². The van der Waals surface area contributed by atoms with E-state index in [0.717, 1.165) is 0 Å². The molecule has 0 aromatic heterocycles. The fourth-order valence-electron chi connectivity index (χ4n) is 1.37. The van der Waals surface area contributed by atoms with Gasteiger partial charge in [-0.1, -0.05) is 24.5 Å². The van der Waals surface area contributed by atoms with Crippen molar-refractivity contribution in [2.45, 2.75) is 26.7 Å². The Morgan fingerprint density at radius 1 is 1.50 bits per heavy atom. The molecular weight excluding hydrogens is 286 g/mol. The maximum Gasteiger partial charge on any atom is 0.139 e. The van der Waals surface area contributed by atoms with Gasteiger partial charge in [-0.2, -0.15) is 0 Å². The van der Waals surface area contributed by atoms with Crippen LogP contribution in [-0.4, -0.2) is 13.6 Å². The summed E-state index contributed by atoms with van der Waals surface area (Å²) < 4.78 is 1.27. The van der Waals surface area contributed by atoms with Crippen molar-refractivity contribution in [1.29, 1.82) is 0 Å². The number of Topliss-reactive ketones (excluding diaryl/α,β-unsaturated/α-hetero) is 1. The van der Waals surface area contributed by atoms with Crippen LogP contribution in [0.5, 0.6) is 0 Å². The molecule has 0 radical (unpaired) electrons. The lowest BCUT2D eigenvalue weighted by Gasteiger charge is -2.07. The molecule has 0 heterocycles. The van der Waals surface area contributed by atoms with Gasteiger partial charge < -0.3 is 0 Å². The molecule has 0 saturated heterocycles. The van der Waals surface area contributed by atoms with Gasteiger partial charge in [-0.25, -0.2) is 0 Å². The Hall–Kier alpha value is -0.315. The summed E-state index contributed by atoms with van der Waals surface area (Å²) in [5.74, 6) is 0.314. The molecule has 1 nitrogen and oxygen atoms in total. The zero-order valence-electron chi connectivity index (χ0n) is 8.86. The summed E-state index contributed by atoms with van der Waals surface area (Å²) in [6.45, 7) is 4.00. The highest BCUT2D eigenvalue weighted by atomic mass is 127. The Labute approximate surface area is 99.8 Å². The Kier molecular flexibility index (Phi) is 4.17. The number of hydrogen-bond acceptors (Lipinski definition) is 1. The highest BCUT2D eigenvalue weighted by Crippen LogP contribution is 2.12. The molecule has 0 bridgehead atoms. The number of hydrogen-bond donors (Lipinski definition) is 0. The largest absolute Gasteiger partial charge is 0.299 e. The number of benzene rings is 1. The molecule has 0 unspecified atom stereocenters. The molecule has 0 aliphatic carbocycles. The zero-order chi connectivity index (χ0) is 10.7. The number of carbonyl (C=O) groups is 1. The molecule has 0 amide bonds. The Morgan fingerprint density at radius 2 is 2.14 bits per heavy atom. The predicted molar refractivity (Wildman–Crippen MR) is 71.1 cm³/mol. The van der Waals surface area contributed by atoms with Gasteiger partial charge in [-0.15, -0.1) is 0 Å². The van der Waals surface area contributed by atoms with E-state index in [-0.39, 0.29) is 0 Å². The van der Waals surface area contributed by atoms with E-state index < -0.39 is 0 Å². The van der Waals surface area contributed by atoms with Gasteiger partial charge in [-0.3, -0.25) is 4.79 Å². The van der Waals surface area contributed by atoms with E-state index in [1.807, 2.05) is 6.92 Å². The molecule has 1 aromatic rings. The average Bonchev–Trinajstić information content (AvgIpc) is 2.14. The third-order valence-electron chi connectivity index (χ3n) is 2.40. The van der Waals surface area contributed by atoms with Gasteiger partial charge in [-0.05, 0) is 40.6 Å². The zero-order valence-corrected chi connectivity index (χ0v) is 11.0. The van der Waals surface area contributed by atoms with Crippen molar-refractivity contribution >= 4 is 41.7 Å². The molecule has 0 atom stereocenters. The third kappa shape index (κ3) is 2.84. The van der Waals surface area contributed by atoms with Crippen LogP contribution >= 0.6 is 22.6 Å². The smallest absolute Gasteiger partial charge is 0.139 e. The predicted octanol–water partition coefficient (Wildman–Crippen LogP) is 1.38. The second kappa shape index (κ2) is 4.96. The van der Waals surface area contributed by atoms with Gasteiger partial charge in [0, 0.05) is 16.4 Å². The Bertz CT molecular complexity index is 361. The summed E-state index contributed by atoms with van der Waals surface area (Å²) in [6, 6.07) is 4.28. The fraction of sp³-hybridized carbons (Fsp3) is 0.364. The minimum atomic E-state index is 0.314. The van der Waals surface area contributed by atoms with E-state index in [1.54, 1.807) is 0 Å². The summed E-state index contributed by atoms with van der Waals surface area (Å²) in [7, 11) is 2.07. The van der Waals surface area contributed by atoms with E-state index >= 15 is 0 Å². The van der Waals surface area contributed by atoms with Gasteiger partial charge in [0.1, 0.15) is 13.6 Å². The molecule has 74 valence electrons. The Balaban J connectivity index is 2.98. The fourth-order valence-corrected chi connectivity index (χ4v) is 1.99. The number of carbonyl (C=O) groups excluding carboxylic acids is 1. The van der Waals surface area contributed by atoms with Gasteiger partial charge in [0.25, 0.3) is 0 Å². The second-order valence-electron chi connectivity index (χ2n) is 3.60. The average molecular weight is 300 g/mol. The highest BCUT2D eigenvalue weighted by Gasteiger charge is 2.06. The van der Waals surface area contributed by atoms with Crippen LogP contribution in [0.25, 0.3) is 0 Å². The van der Waals surface area contributed by atoms with E-state index in [0.29, 0.717) is 18.6 Å². The molecule has 3 heteroatoms. The van der Waals surface area contributed by atoms with Crippen LogP contribution in [0.1, 0.15) is 24.5 Å². The summed E-state index contributed by atoms with van der Waals surface area (Å²) >= 11 is 2.32. The first kappa shape index (κ1) is 11.8. The van der Waals surface area contributed by atoms with Crippen LogP contribution in [0.3, 0.4) is 0 Å². The van der Waals surface area contributed by atoms with Crippen molar-refractivity contribution in [2.75, 3.05) is 0 Å². The summed E-state index contributed by atoms with van der Waals surface area (Å²) in [4.78, 5) is 11.3. The van der Waals surface area contributed by atoms with Crippen LogP contribution in [-0.2, 0) is 11.2 Å². The van der Waals surface area contributed by atoms with Gasteiger partial charge in [0.05, 0.1) is 0 Å². The van der Waals surface area contributed by atoms with Crippen LogP contribution in [0.15, 0.2) is 12.1 Å². The minimum Gasteiger partial charge on any atom is -0.299 e. The molecule has 0 N–H and O–H groups in total. The molecule has 0 aliphatic heterocycles. The topological polar surface area (TPSA) is 17.1 Å². The van der Waals surface area contributed by atoms with Crippen LogP contribution in [0.2, 0.25) is 0 Å². The first-order chi connectivity index (χ1) is 6.54. The molecular formula is C11H14BIO. The number of ketones is 1. The molecule has 1 aromatic carbocycles. The highest BCUT2D eigenvalue weighted by molar-refractivity contribution is 14.1. The van der Waals surface area contributed by atoms with Crippen molar-refractivity contribution in [3.63, 3.8) is 0 Å². The first-order valence-corrected chi connectivity index (χ1v) is 5.89. The van der Waals surface area contributed by atoms with E-state index in [9.17, 15) is 4.79 Å². The van der Waals surface area contributed by atoms with Crippen molar-refractivity contribution in [3.8, 4) is 0 Å². The van der Waals surface area contributed by atoms with Crippen LogP contribution in [0, 0.1) is 10.5 Å². The minimum absolute atomic E-state index is 0.314. The summed E-state index contributed by atoms with van der Waals surface area (Å²) in [6.07, 6.45) is 1.21. The summed E-state index contributed by atoms with van der Waals surface area (Å²) in [5, 5.41) is 0. The number of rotatable bonds is 3. The normalized spacial score (nSPS) is 10.2. The second-order valence-corrected chi connectivity index (χ2v) is 4.76. The molecule has 0 saturated carbocycles. The Morgan fingerprint density at radius 3 is 2.71 bits per heavy atom. The molecule has 0 aliphatic rings. The maximum atomic E-state index is 11.3. The van der Waals surface area contributed by atoms with E-state index in [2.05, 4.69) is 49.5 Å². The van der Waals surface area contributed by atoms with Crippen LogP contribution in [0.4, 0.5) is 0 Å². The van der Waals surface area contributed by atoms with Crippen molar-refractivity contribution in [1.82, 2.24) is 0 Å². The number of aryl methyl sites for hydroxylation is 1. The SMILES string of the molecule is Bc1cc(I)c(C)cc1CC(=O)CC. The van der Waals surface area contributed by atoms with E-state index in [4.69, 9.17) is 0 Å². The van der Waals surface area contributed by atoms with Crippen molar-refractivity contribution in [2.24, 2.45) is 0 Å². The standard InChI is InChI=1S/C11H14BIO/c1-3-9(14)5-8-4-7(2)11(13)6-10(8)12/h4,6H,3,5,12H2,1-2H3. The van der Waals surface area contributed by atoms with Crippen LogP contribution < -0.4 is 5.46 Å². The lowest BCUT2D eigenvalue weighted by molar-refractivity contribution is -0.118. The molecule has 1 rings (SSSR count). The number of halogens is 1. The lowest BCUT2D eigenvalue weighted by Crippen LogP contribution is -2.15. The molecule has 14 heavy (non-hydrogen) atoms. The summed E-state index contributed by atoms with van der Waals surface area (Å²) in [5.41, 5.74) is 3.66. The monoisotopic (exact) mass is 300 g/mol. The molecule has 0 spiro atoms. The van der Waals surface area contributed by atoms with Crippen molar-refractivity contribution < 1.29 is 4.79 Å². The van der Waals surface area contributed by atoms with Gasteiger partial charge in [0.2, 0.25) is 0 Å².